The van der Waals surface area contributed by atoms with Crippen LogP contribution in [-0.2, 0) is 56.5 Å². The van der Waals surface area contributed by atoms with E-state index < -0.39 is 17.2 Å². The van der Waals surface area contributed by atoms with E-state index in [-0.39, 0.29) is 71.6 Å². The molecule has 0 saturated heterocycles. The molecule has 0 heterocycles. The van der Waals surface area contributed by atoms with Crippen LogP contribution in [0.15, 0.2) is 0 Å². The summed E-state index contributed by atoms with van der Waals surface area (Å²) in [7, 11) is 0. The molecule has 1 radical (unpaired) electrons. The Morgan fingerprint density at radius 1 is 0.635 bits per heavy atom. The Morgan fingerprint density at radius 3 is 1.42 bits per heavy atom. The summed E-state index contributed by atoms with van der Waals surface area (Å²) < 4.78 is 22.0. The van der Waals surface area contributed by atoms with Crippen molar-refractivity contribution < 1.29 is 71.9 Å². The first-order valence-electron chi connectivity index (χ1n) is 21.2. The standard InChI is InChI=1S/C31H64O3.C11H23NO5.Y/c1-3-5-7-9-11-13-15-17-19-21-23-25-27-33-30-31(29-32)34-28-26-24-22-20-18-16-14-12-10-8-6-4-2;1-10(2,14)7-17-11(3,4)8-16-9(13)5-6-12-15;/h31-32H,3-30H2,1-2H3;12,14-15H,5-8H2,1-4H3;. The van der Waals surface area contributed by atoms with Gasteiger partial charge in [-0.3, -0.25) is 4.79 Å². The van der Waals surface area contributed by atoms with Crippen molar-refractivity contribution in [3.63, 3.8) is 0 Å². The van der Waals surface area contributed by atoms with Gasteiger partial charge in [0, 0.05) is 52.5 Å². The Balaban J connectivity index is -0.00000112. The summed E-state index contributed by atoms with van der Waals surface area (Å²) >= 11 is 0. The Bertz CT molecular complexity index is 708. The molecule has 0 aliphatic rings. The molecule has 1 unspecified atom stereocenters. The fraction of sp³-hybridized carbons (Fsp3) is 0.976. The number of hydrogen-bond donors (Lipinski definition) is 4. The molecule has 0 aromatic heterocycles. The fourth-order valence-corrected chi connectivity index (χ4v) is 5.50. The van der Waals surface area contributed by atoms with Gasteiger partial charge in [-0.1, -0.05) is 155 Å². The van der Waals surface area contributed by atoms with Gasteiger partial charge in [0.15, 0.2) is 0 Å². The van der Waals surface area contributed by atoms with Crippen LogP contribution in [0.3, 0.4) is 0 Å². The number of rotatable bonds is 38. The van der Waals surface area contributed by atoms with E-state index >= 15 is 0 Å². The molecule has 0 bridgehead atoms. The molecule has 4 N–H and O–H groups in total. The number of hydrogen-bond acceptors (Lipinski definition) is 9. The summed E-state index contributed by atoms with van der Waals surface area (Å²) in [6, 6.07) is 0. The topological polar surface area (TPSA) is 127 Å². The first-order valence-corrected chi connectivity index (χ1v) is 21.2. The van der Waals surface area contributed by atoms with Gasteiger partial charge in [0.25, 0.3) is 0 Å². The number of ether oxygens (including phenoxy) is 4. The smallest absolute Gasteiger partial charge is 0.307 e. The van der Waals surface area contributed by atoms with Crippen LogP contribution in [0.2, 0.25) is 0 Å². The fourth-order valence-electron chi connectivity index (χ4n) is 5.50. The van der Waals surface area contributed by atoms with E-state index in [4.69, 9.17) is 24.2 Å². The number of carbonyl (C=O) groups excluding carboxylic acids is 1. The van der Waals surface area contributed by atoms with Crippen LogP contribution >= 0.6 is 0 Å². The van der Waals surface area contributed by atoms with Crippen molar-refractivity contribution in [3.8, 4) is 0 Å². The Hall–Kier alpha value is 0.294. The number of aliphatic hydroxyl groups excluding tert-OH is 1. The predicted molar refractivity (Wildman–Crippen MR) is 211 cm³/mol. The second kappa shape index (κ2) is 42.4. The number of aliphatic hydroxyl groups is 2. The zero-order chi connectivity index (χ0) is 38.3. The van der Waals surface area contributed by atoms with E-state index in [0.717, 1.165) is 26.1 Å². The van der Waals surface area contributed by atoms with Crippen LogP contribution in [0, 0.1) is 0 Å². The molecule has 0 aliphatic carbocycles. The first-order chi connectivity index (χ1) is 24.5. The van der Waals surface area contributed by atoms with E-state index in [0.29, 0.717) is 6.61 Å². The van der Waals surface area contributed by atoms with Gasteiger partial charge in [0.2, 0.25) is 0 Å². The molecule has 0 saturated carbocycles. The summed E-state index contributed by atoms with van der Waals surface area (Å²) in [5, 5.41) is 27.3. The minimum absolute atomic E-state index is 0. The predicted octanol–water partition coefficient (Wildman–Crippen LogP) is 10.2. The van der Waals surface area contributed by atoms with Gasteiger partial charge >= 0.3 is 5.97 Å². The van der Waals surface area contributed by atoms with E-state index in [1.807, 2.05) is 5.48 Å². The third-order valence-corrected chi connectivity index (χ3v) is 8.84. The van der Waals surface area contributed by atoms with E-state index in [1.54, 1.807) is 27.7 Å². The second-order valence-electron chi connectivity index (χ2n) is 15.7. The minimum atomic E-state index is -0.915. The molecular formula is C42H87NO8Y. The third-order valence-electron chi connectivity index (χ3n) is 8.84. The molecule has 10 heteroatoms. The van der Waals surface area contributed by atoms with Crippen LogP contribution in [0.25, 0.3) is 0 Å². The van der Waals surface area contributed by atoms with E-state index in [1.165, 1.54) is 141 Å². The van der Waals surface area contributed by atoms with Gasteiger partial charge in [0.05, 0.1) is 37.4 Å². The number of carbonyl (C=O) groups is 1. The van der Waals surface area contributed by atoms with Crippen molar-refractivity contribution in [3.05, 3.63) is 0 Å². The van der Waals surface area contributed by atoms with Crippen molar-refractivity contribution in [2.24, 2.45) is 0 Å². The molecular weight excluding hydrogens is 735 g/mol. The van der Waals surface area contributed by atoms with Crippen molar-refractivity contribution in [1.82, 2.24) is 5.48 Å². The van der Waals surface area contributed by atoms with Crippen LogP contribution in [0.5, 0.6) is 0 Å². The average Bonchev–Trinajstić information content (AvgIpc) is 3.10. The van der Waals surface area contributed by atoms with Gasteiger partial charge < -0.3 is 34.4 Å². The molecule has 0 rings (SSSR count). The SMILES string of the molecule is CC(C)(O)COC(C)(C)COC(=O)CCNO.CCCCCCCCCCCCCCOCC(CO)OCCCCCCCCCCCCCC.[Y]. The molecule has 0 aromatic carbocycles. The Labute approximate surface area is 347 Å². The minimum Gasteiger partial charge on any atom is -0.463 e. The molecule has 0 fully saturated rings. The van der Waals surface area contributed by atoms with E-state index in [9.17, 15) is 15.0 Å². The summed E-state index contributed by atoms with van der Waals surface area (Å²) in [5.41, 5.74) is 0.311. The summed E-state index contributed by atoms with van der Waals surface area (Å²) in [5.74, 6) is -0.411. The quantitative estimate of drug-likeness (QED) is 0.0274. The molecule has 0 amide bonds. The molecule has 1 atom stereocenters. The number of esters is 1. The van der Waals surface area contributed by atoms with Crippen LogP contribution < -0.4 is 5.48 Å². The van der Waals surface area contributed by atoms with Gasteiger partial charge in [0.1, 0.15) is 12.7 Å². The van der Waals surface area contributed by atoms with Gasteiger partial charge in [-0.05, 0) is 40.5 Å². The molecule has 0 spiro atoms. The van der Waals surface area contributed by atoms with E-state index in [2.05, 4.69) is 13.8 Å². The van der Waals surface area contributed by atoms with Gasteiger partial charge in [-0.15, -0.1) is 0 Å². The molecule has 311 valence electrons. The molecule has 9 nitrogen and oxygen atoms in total. The Morgan fingerprint density at radius 2 is 1.04 bits per heavy atom. The summed E-state index contributed by atoms with van der Waals surface area (Å²) in [6.07, 6.45) is 32.6. The monoisotopic (exact) mass is 823 g/mol. The zero-order valence-electron chi connectivity index (χ0n) is 35.2. The normalized spacial score (nSPS) is 12.2. The van der Waals surface area contributed by atoms with Gasteiger partial charge in [-0.2, -0.15) is 0 Å². The number of hydroxylamine groups is 1. The largest absolute Gasteiger partial charge is 0.463 e. The first kappa shape index (κ1) is 56.6. The van der Waals surface area contributed by atoms with Gasteiger partial charge in [-0.25, -0.2) is 5.48 Å². The van der Waals surface area contributed by atoms with Crippen LogP contribution in [0.1, 0.15) is 202 Å². The summed E-state index contributed by atoms with van der Waals surface area (Å²) in [4.78, 5) is 11.2. The Kier molecular flexibility index (Phi) is 46.2. The maximum absolute atomic E-state index is 11.2. The summed E-state index contributed by atoms with van der Waals surface area (Å²) in [6.45, 7) is 14.0. The number of nitrogens with one attached hydrogen (secondary N) is 1. The van der Waals surface area contributed by atoms with Crippen molar-refractivity contribution in [2.45, 2.75) is 219 Å². The maximum Gasteiger partial charge on any atom is 0.307 e. The molecule has 0 aromatic rings. The zero-order valence-corrected chi connectivity index (χ0v) is 38.0. The number of unbranched alkanes of at least 4 members (excludes halogenated alkanes) is 22. The van der Waals surface area contributed by atoms with Crippen molar-refractivity contribution in [2.75, 3.05) is 46.2 Å². The van der Waals surface area contributed by atoms with Crippen LogP contribution in [0.4, 0.5) is 0 Å². The van der Waals surface area contributed by atoms with Crippen molar-refractivity contribution >= 4 is 5.97 Å². The average molecular weight is 823 g/mol. The van der Waals surface area contributed by atoms with Crippen LogP contribution in [-0.4, -0.2) is 84.9 Å². The maximum atomic E-state index is 11.2. The molecule has 0 aliphatic heterocycles. The second-order valence-corrected chi connectivity index (χ2v) is 15.7. The molecule has 52 heavy (non-hydrogen) atoms. The van der Waals surface area contributed by atoms with Crippen molar-refractivity contribution in [1.29, 1.82) is 0 Å². The third kappa shape index (κ3) is 48.3.